The summed E-state index contributed by atoms with van der Waals surface area (Å²) in [5.74, 6) is 1.21. The summed E-state index contributed by atoms with van der Waals surface area (Å²) in [5.41, 5.74) is 6.73. The largest absolute Gasteiger partial charge is 0.497 e. The minimum absolute atomic E-state index is 0.420. The summed E-state index contributed by atoms with van der Waals surface area (Å²) in [6.45, 7) is 1.44. The van der Waals surface area contributed by atoms with Gasteiger partial charge in [0.1, 0.15) is 5.75 Å². The number of guanidine groups is 1. The zero-order valence-electron chi connectivity index (χ0n) is 12.7. The smallest absolute Gasteiger partial charge is 0.193 e. The Labute approximate surface area is 126 Å². The van der Waals surface area contributed by atoms with Crippen molar-refractivity contribution in [3.63, 3.8) is 0 Å². The summed E-state index contributed by atoms with van der Waals surface area (Å²) in [6.07, 6.45) is 6.41. The molecule has 5 heteroatoms. The second kappa shape index (κ2) is 8.52. The van der Waals surface area contributed by atoms with Crippen molar-refractivity contribution in [2.45, 2.75) is 38.2 Å². The second-order valence-corrected chi connectivity index (χ2v) is 5.25. The van der Waals surface area contributed by atoms with Gasteiger partial charge >= 0.3 is 0 Å². The average Bonchev–Trinajstić information content (AvgIpc) is 3.00. The van der Waals surface area contributed by atoms with Gasteiger partial charge in [0.2, 0.25) is 0 Å². The third-order valence-corrected chi connectivity index (χ3v) is 3.58. The highest BCUT2D eigenvalue weighted by atomic mass is 16.5. The Morgan fingerprint density at radius 1 is 1.38 bits per heavy atom. The van der Waals surface area contributed by atoms with Crippen molar-refractivity contribution >= 4 is 11.6 Å². The molecule has 0 atom stereocenters. The quantitative estimate of drug-likeness (QED) is 0.460. The first-order valence-electron chi connectivity index (χ1n) is 7.60. The number of aliphatic imine (C=N–C) groups is 1. The number of nitrogens with one attached hydrogen (secondary N) is 1. The van der Waals surface area contributed by atoms with Crippen LogP contribution in [0.1, 0.15) is 32.1 Å². The number of nitrogens with two attached hydrogens (primary N) is 1. The Balaban J connectivity index is 1.65. The molecule has 116 valence electrons. The van der Waals surface area contributed by atoms with Crippen LogP contribution >= 0.6 is 0 Å². The fourth-order valence-electron chi connectivity index (χ4n) is 2.46. The van der Waals surface area contributed by atoms with E-state index in [1.54, 1.807) is 7.11 Å². The molecule has 0 amide bonds. The maximum atomic E-state index is 5.86. The fourth-order valence-corrected chi connectivity index (χ4v) is 2.46. The molecule has 5 nitrogen and oxygen atoms in total. The van der Waals surface area contributed by atoms with Gasteiger partial charge in [0.25, 0.3) is 0 Å². The number of nitrogens with zero attached hydrogens (tertiary/aromatic N) is 1. The zero-order valence-corrected chi connectivity index (χ0v) is 12.7. The van der Waals surface area contributed by atoms with Gasteiger partial charge in [0.15, 0.2) is 5.96 Å². The van der Waals surface area contributed by atoms with E-state index >= 15 is 0 Å². The summed E-state index contributed by atoms with van der Waals surface area (Å²) in [5, 5.41) is 3.06. The lowest BCUT2D eigenvalue weighted by Gasteiger charge is -2.10. The average molecular weight is 291 g/mol. The lowest BCUT2D eigenvalue weighted by atomic mass is 10.3. The first kappa shape index (κ1) is 15.6. The zero-order chi connectivity index (χ0) is 14.9. The molecule has 1 saturated carbocycles. The molecule has 3 N–H and O–H groups in total. The molecule has 1 aliphatic carbocycles. The van der Waals surface area contributed by atoms with Crippen LogP contribution < -0.4 is 15.8 Å². The minimum atomic E-state index is 0.420. The van der Waals surface area contributed by atoms with Crippen LogP contribution in [-0.4, -0.2) is 32.3 Å². The molecule has 0 aliphatic heterocycles. The van der Waals surface area contributed by atoms with Crippen molar-refractivity contribution in [2.24, 2.45) is 10.7 Å². The predicted molar refractivity (Wildman–Crippen MR) is 85.9 cm³/mol. The predicted octanol–water partition coefficient (Wildman–Crippen LogP) is 2.77. The van der Waals surface area contributed by atoms with E-state index in [4.69, 9.17) is 15.2 Å². The van der Waals surface area contributed by atoms with Crippen molar-refractivity contribution in [2.75, 3.05) is 25.6 Å². The van der Waals surface area contributed by atoms with E-state index in [-0.39, 0.29) is 0 Å². The number of hydrogen-bond acceptors (Lipinski definition) is 3. The molecule has 1 fully saturated rings. The Morgan fingerprint density at radius 3 is 2.95 bits per heavy atom. The van der Waals surface area contributed by atoms with E-state index in [9.17, 15) is 0 Å². The molecule has 2 rings (SSSR count). The highest BCUT2D eigenvalue weighted by molar-refractivity contribution is 5.92. The van der Waals surface area contributed by atoms with Gasteiger partial charge < -0.3 is 20.5 Å². The van der Waals surface area contributed by atoms with Crippen LogP contribution in [-0.2, 0) is 4.74 Å². The van der Waals surface area contributed by atoms with Crippen molar-refractivity contribution in [1.29, 1.82) is 0 Å². The van der Waals surface area contributed by atoms with E-state index in [0.29, 0.717) is 18.6 Å². The van der Waals surface area contributed by atoms with Crippen molar-refractivity contribution in [3.05, 3.63) is 24.3 Å². The molecule has 0 saturated heterocycles. The normalized spacial score (nSPS) is 16.1. The van der Waals surface area contributed by atoms with Crippen LogP contribution in [0.25, 0.3) is 0 Å². The Morgan fingerprint density at radius 2 is 2.19 bits per heavy atom. The van der Waals surface area contributed by atoms with Gasteiger partial charge in [-0.05, 0) is 31.4 Å². The SMILES string of the molecule is COc1cccc(NC(N)=NCCCOC2CCCC2)c1. The summed E-state index contributed by atoms with van der Waals surface area (Å²) in [4.78, 5) is 4.30. The summed E-state index contributed by atoms with van der Waals surface area (Å²) in [6, 6.07) is 7.60. The molecular weight excluding hydrogens is 266 g/mol. The summed E-state index contributed by atoms with van der Waals surface area (Å²) >= 11 is 0. The lowest BCUT2D eigenvalue weighted by Crippen LogP contribution is -2.23. The molecule has 1 aliphatic rings. The van der Waals surface area contributed by atoms with Gasteiger partial charge in [-0.15, -0.1) is 0 Å². The Hall–Kier alpha value is -1.75. The summed E-state index contributed by atoms with van der Waals surface area (Å²) in [7, 11) is 1.64. The molecule has 0 aromatic heterocycles. The van der Waals surface area contributed by atoms with E-state index in [1.165, 1.54) is 25.7 Å². The minimum Gasteiger partial charge on any atom is -0.497 e. The van der Waals surface area contributed by atoms with Gasteiger partial charge in [-0.1, -0.05) is 18.9 Å². The van der Waals surface area contributed by atoms with Gasteiger partial charge in [-0.3, -0.25) is 4.99 Å². The molecule has 1 aromatic carbocycles. The molecule has 0 heterocycles. The third kappa shape index (κ3) is 5.63. The second-order valence-electron chi connectivity index (χ2n) is 5.25. The standard InChI is InChI=1S/C16H25N3O2/c1-20-15-9-4-6-13(12-15)19-16(17)18-10-5-11-21-14-7-2-3-8-14/h4,6,9,12,14H,2-3,5,7-8,10-11H2,1H3,(H3,17,18,19). The third-order valence-electron chi connectivity index (χ3n) is 3.58. The molecular formula is C16H25N3O2. The van der Waals surface area contributed by atoms with Crippen LogP contribution in [0, 0.1) is 0 Å². The molecule has 0 bridgehead atoms. The Bertz CT molecular complexity index is 457. The number of methoxy groups -OCH3 is 1. The first-order chi connectivity index (χ1) is 10.3. The molecule has 0 radical (unpaired) electrons. The maximum Gasteiger partial charge on any atom is 0.193 e. The fraction of sp³-hybridized carbons (Fsp3) is 0.562. The molecule has 21 heavy (non-hydrogen) atoms. The monoisotopic (exact) mass is 291 g/mol. The van der Waals surface area contributed by atoms with Crippen molar-refractivity contribution in [1.82, 2.24) is 0 Å². The number of hydrogen-bond donors (Lipinski definition) is 2. The van der Waals surface area contributed by atoms with Crippen LogP contribution in [0.15, 0.2) is 29.3 Å². The molecule has 1 aromatic rings. The van der Waals surface area contributed by atoms with Gasteiger partial charge in [0, 0.05) is 24.9 Å². The lowest BCUT2D eigenvalue weighted by molar-refractivity contribution is 0.0579. The molecule has 0 spiro atoms. The highest BCUT2D eigenvalue weighted by Crippen LogP contribution is 2.20. The van der Waals surface area contributed by atoms with Crippen molar-refractivity contribution < 1.29 is 9.47 Å². The van der Waals surface area contributed by atoms with Crippen LogP contribution in [0.4, 0.5) is 5.69 Å². The van der Waals surface area contributed by atoms with Gasteiger partial charge in [-0.2, -0.15) is 0 Å². The maximum absolute atomic E-state index is 5.86. The highest BCUT2D eigenvalue weighted by Gasteiger charge is 2.14. The van der Waals surface area contributed by atoms with Crippen LogP contribution in [0.2, 0.25) is 0 Å². The van der Waals surface area contributed by atoms with Crippen LogP contribution in [0.5, 0.6) is 5.75 Å². The van der Waals surface area contributed by atoms with Gasteiger partial charge in [-0.25, -0.2) is 0 Å². The number of ether oxygens (including phenoxy) is 2. The number of anilines is 1. The first-order valence-corrected chi connectivity index (χ1v) is 7.60. The number of rotatable bonds is 7. The van der Waals surface area contributed by atoms with Crippen molar-refractivity contribution in [3.8, 4) is 5.75 Å². The number of benzene rings is 1. The van der Waals surface area contributed by atoms with E-state index < -0.39 is 0 Å². The van der Waals surface area contributed by atoms with Gasteiger partial charge in [0.05, 0.1) is 13.2 Å². The van der Waals surface area contributed by atoms with E-state index in [1.807, 2.05) is 24.3 Å². The van der Waals surface area contributed by atoms with E-state index in [2.05, 4.69) is 10.3 Å². The topological polar surface area (TPSA) is 68.9 Å². The van der Waals surface area contributed by atoms with Crippen LogP contribution in [0.3, 0.4) is 0 Å². The molecule has 0 unspecified atom stereocenters. The Kier molecular flexibility index (Phi) is 6.34. The van der Waals surface area contributed by atoms with E-state index in [0.717, 1.165) is 24.5 Å². The summed E-state index contributed by atoms with van der Waals surface area (Å²) < 4.78 is 10.9.